The van der Waals surface area contributed by atoms with Crippen LogP contribution in [0.3, 0.4) is 0 Å². The number of carbonyl (C=O) groups excluding carboxylic acids is 1. The third kappa shape index (κ3) is 4.40. The number of benzene rings is 2. The van der Waals surface area contributed by atoms with Crippen LogP contribution < -0.4 is 10.6 Å². The fourth-order valence-electron chi connectivity index (χ4n) is 1.69. The molecule has 0 heterocycles. The van der Waals surface area contributed by atoms with E-state index in [0.29, 0.717) is 17.1 Å². The van der Waals surface area contributed by atoms with Gasteiger partial charge in [0.15, 0.2) is 5.11 Å². The second kappa shape index (κ2) is 7.54. The first-order valence-electron chi connectivity index (χ1n) is 6.25. The number of amides is 1. The van der Waals surface area contributed by atoms with Crippen LogP contribution in [-0.4, -0.2) is 11.0 Å². The molecule has 2 rings (SSSR count). The van der Waals surface area contributed by atoms with E-state index < -0.39 is 11.7 Å². The third-order valence-corrected chi connectivity index (χ3v) is 3.65. The van der Waals surface area contributed by atoms with Crippen molar-refractivity contribution in [1.82, 2.24) is 10.6 Å². The highest BCUT2D eigenvalue weighted by molar-refractivity contribution is 7.80. The van der Waals surface area contributed by atoms with Crippen molar-refractivity contribution in [2.75, 3.05) is 0 Å². The van der Waals surface area contributed by atoms with Gasteiger partial charge in [-0.25, -0.2) is 4.39 Å². The molecule has 3 nitrogen and oxygen atoms in total. The van der Waals surface area contributed by atoms with Gasteiger partial charge in [-0.1, -0.05) is 41.4 Å². The fraction of sp³-hybridized carbons (Fsp3) is 0.0667. The lowest BCUT2D eigenvalue weighted by atomic mass is 10.2. The van der Waals surface area contributed by atoms with Crippen LogP contribution in [0.2, 0.25) is 10.0 Å². The van der Waals surface area contributed by atoms with Gasteiger partial charge in [-0.3, -0.25) is 10.1 Å². The molecule has 0 radical (unpaired) electrons. The van der Waals surface area contributed by atoms with E-state index >= 15 is 0 Å². The number of hydrogen-bond donors (Lipinski definition) is 2. The average Bonchev–Trinajstić information content (AvgIpc) is 2.49. The van der Waals surface area contributed by atoms with E-state index in [1.54, 1.807) is 30.3 Å². The van der Waals surface area contributed by atoms with Crippen molar-refractivity contribution >= 4 is 46.4 Å². The highest BCUT2D eigenvalue weighted by Gasteiger charge is 2.11. The number of carbonyl (C=O) groups is 1. The van der Waals surface area contributed by atoms with Crippen LogP contribution in [0.15, 0.2) is 42.5 Å². The molecule has 0 unspecified atom stereocenters. The molecule has 2 aromatic carbocycles. The zero-order valence-corrected chi connectivity index (χ0v) is 13.5. The number of nitrogens with one attached hydrogen (secondary N) is 2. The number of hydrogen-bond acceptors (Lipinski definition) is 2. The van der Waals surface area contributed by atoms with Crippen molar-refractivity contribution in [3.05, 3.63) is 69.5 Å². The number of rotatable bonds is 3. The molecule has 0 fully saturated rings. The zero-order chi connectivity index (χ0) is 16.1. The van der Waals surface area contributed by atoms with Crippen LogP contribution in [0, 0.1) is 5.82 Å². The van der Waals surface area contributed by atoms with Crippen LogP contribution in [-0.2, 0) is 6.54 Å². The molecule has 114 valence electrons. The van der Waals surface area contributed by atoms with Crippen molar-refractivity contribution in [3.63, 3.8) is 0 Å². The Hall–Kier alpha value is -1.69. The summed E-state index contributed by atoms with van der Waals surface area (Å²) < 4.78 is 13.0. The largest absolute Gasteiger partial charge is 0.358 e. The van der Waals surface area contributed by atoms with Gasteiger partial charge in [-0.15, -0.1) is 0 Å². The molecule has 2 N–H and O–H groups in total. The summed E-state index contributed by atoms with van der Waals surface area (Å²) in [4.78, 5) is 12.0. The van der Waals surface area contributed by atoms with Gasteiger partial charge in [-0.05, 0) is 42.0 Å². The van der Waals surface area contributed by atoms with E-state index in [2.05, 4.69) is 10.6 Å². The van der Waals surface area contributed by atoms with Crippen LogP contribution in [0.25, 0.3) is 0 Å². The fourth-order valence-corrected chi connectivity index (χ4v) is 2.28. The number of thiocarbonyl (C=S) groups is 1. The van der Waals surface area contributed by atoms with Gasteiger partial charge in [0.2, 0.25) is 0 Å². The molecular formula is C15H11Cl2FN2OS. The van der Waals surface area contributed by atoms with E-state index in [4.69, 9.17) is 35.4 Å². The van der Waals surface area contributed by atoms with Gasteiger partial charge < -0.3 is 5.32 Å². The first-order valence-corrected chi connectivity index (χ1v) is 7.41. The van der Waals surface area contributed by atoms with Gasteiger partial charge in [0.1, 0.15) is 5.82 Å². The molecular weight excluding hydrogens is 346 g/mol. The van der Waals surface area contributed by atoms with Crippen molar-refractivity contribution < 1.29 is 9.18 Å². The third-order valence-electron chi connectivity index (χ3n) is 2.78. The molecule has 1 amide bonds. The number of halogens is 3. The highest BCUT2D eigenvalue weighted by Crippen LogP contribution is 2.16. The normalized spacial score (nSPS) is 10.1. The Labute approximate surface area is 142 Å². The molecule has 0 aliphatic carbocycles. The smallest absolute Gasteiger partial charge is 0.258 e. The maximum atomic E-state index is 13.0. The Morgan fingerprint density at radius 2 is 1.86 bits per heavy atom. The molecule has 0 saturated heterocycles. The van der Waals surface area contributed by atoms with Gasteiger partial charge in [0.05, 0.1) is 15.6 Å². The second-order valence-corrected chi connectivity index (χ2v) is 5.59. The van der Waals surface area contributed by atoms with Gasteiger partial charge >= 0.3 is 0 Å². The minimum absolute atomic E-state index is 0.0327. The zero-order valence-electron chi connectivity index (χ0n) is 11.2. The van der Waals surface area contributed by atoms with Crippen LogP contribution in [0.1, 0.15) is 15.9 Å². The molecule has 0 atom stereocenters. The molecule has 22 heavy (non-hydrogen) atoms. The minimum atomic E-state index is -0.486. The molecule has 0 saturated carbocycles. The summed E-state index contributed by atoms with van der Waals surface area (Å²) in [5, 5.41) is 5.88. The Bertz CT molecular complexity index is 724. The summed E-state index contributed by atoms with van der Waals surface area (Å²) in [7, 11) is 0. The van der Waals surface area contributed by atoms with Gasteiger partial charge in [0.25, 0.3) is 5.91 Å². The Morgan fingerprint density at radius 3 is 2.55 bits per heavy atom. The summed E-state index contributed by atoms with van der Waals surface area (Å²) in [6.45, 7) is 0.307. The maximum Gasteiger partial charge on any atom is 0.258 e. The second-order valence-electron chi connectivity index (χ2n) is 4.37. The molecule has 0 spiro atoms. The van der Waals surface area contributed by atoms with Crippen LogP contribution in [0.4, 0.5) is 4.39 Å². The summed E-state index contributed by atoms with van der Waals surface area (Å²) in [6, 6.07) is 11.0. The summed E-state index contributed by atoms with van der Waals surface area (Å²) >= 11 is 16.7. The van der Waals surface area contributed by atoms with Gasteiger partial charge in [0, 0.05) is 6.54 Å². The van der Waals surface area contributed by atoms with E-state index in [1.165, 1.54) is 12.1 Å². The molecule has 2 aromatic rings. The van der Waals surface area contributed by atoms with E-state index in [0.717, 1.165) is 5.56 Å². The minimum Gasteiger partial charge on any atom is -0.358 e. The van der Waals surface area contributed by atoms with Crippen molar-refractivity contribution in [2.24, 2.45) is 0 Å². The molecule has 0 aliphatic rings. The van der Waals surface area contributed by atoms with Crippen LogP contribution in [0.5, 0.6) is 0 Å². The molecule has 0 aliphatic heterocycles. The Balaban J connectivity index is 1.92. The molecule has 7 heteroatoms. The topological polar surface area (TPSA) is 41.1 Å². The lowest BCUT2D eigenvalue weighted by molar-refractivity contribution is 0.0977. The van der Waals surface area contributed by atoms with E-state index in [9.17, 15) is 9.18 Å². The summed E-state index contributed by atoms with van der Waals surface area (Å²) in [5.41, 5.74) is 1.07. The SMILES string of the molecule is O=C(NC(=S)NCc1ccc(F)c(Cl)c1)c1ccccc1Cl. The molecule has 0 aromatic heterocycles. The highest BCUT2D eigenvalue weighted by atomic mass is 35.5. The monoisotopic (exact) mass is 356 g/mol. The van der Waals surface area contributed by atoms with Crippen molar-refractivity contribution in [1.29, 1.82) is 0 Å². The van der Waals surface area contributed by atoms with Crippen molar-refractivity contribution in [2.45, 2.75) is 6.54 Å². The first kappa shape index (κ1) is 16.7. The summed E-state index contributed by atoms with van der Waals surface area (Å²) in [6.07, 6.45) is 0. The molecule has 0 bridgehead atoms. The first-order chi connectivity index (χ1) is 10.5. The standard InChI is InChI=1S/C15H11Cl2FN2OS/c16-11-4-2-1-3-10(11)14(21)20-15(22)19-8-9-5-6-13(18)12(17)7-9/h1-7H,8H2,(H2,19,20,21,22). The van der Waals surface area contributed by atoms with Crippen molar-refractivity contribution in [3.8, 4) is 0 Å². The van der Waals surface area contributed by atoms with E-state index in [-0.39, 0.29) is 10.1 Å². The van der Waals surface area contributed by atoms with Crippen LogP contribution >= 0.6 is 35.4 Å². The predicted octanol–water partition coefficient (Wildman–Crippen LogP) is 3.94. The lowest BCUT2D eigenvalue weighted by Crippen LogP contribution is -2.38. The van der Waals surface area contributed by atoms with E-state index in [1.807, 2.05) is 0 Å². The average molecular weight is 357 g/mol. The predicted molar refractivity (Wildman–Crippen MR) is 89.8 cm³/mol. The quantitative estimate of drug-likeness (QED) is 0.818. The Morgan fingerprint density at radius 1 is 1.14 bits per heavy atom. The van der Waals surface area contributed by atoms with Gasteiger partial charge in [-0.2, -0.15) is 0 Å². The maximum absolute atomic E-state index is 13.0. The summed E-state index contributed by atoms with van der Waals surface area (Å²) in [5.74, 6) is -0.889. The Kier molecular flexibility index (Phi) is 5.71. The lowest BCUT2D eigenvalue weighted by Gasteiger charge is -2.10.